The lowest BCUT2D eigenvalue weighted by Gasteiger charge is -2.04. The minimum Gasteiger partial charge on any atom is -0.306 e. The van der Waals surface area contributed by atoms with Crippen molar-refractivity contribution in [2.24, 2.45) is 0 Å². The van der Waals surface area contributed by atoms with Crippen LogP contribution in [0.5, 0.6) is 0 Å². The lowest BCUT2D eigenvalue weighted by molar-refractivity contribution is 0.629. The molecule has 3 nitrogen and oxygen atoms in total. The molecule has 0 atom stereocenters. The topological polar surface area (TPSA) is 45.8 Å². The molecule has 1 N–H and O–H groups in total. The highest BCUT2D eigenvalue weighted by molar-refractivity contribution is 5.79. The van der Waals surface area contributed by atoms with Gasteiger partial charge in [-0.05, 0) is 30.3 Å². The number of fused-ring (bicyclic) bond motifs is 1. The van der Waals surface area contributed by atoms with E-state index in [1.807, 2.05) is 0 Å². The van der Waals surface area contributed by atoms with Crippen LogP contribution in [0.2, 0.25) is 0 Å². The zero-order valence-electron chi connectivity index (χ0n) is 10.4. The van der Waals surface area contributed by atoms with E-state index < -0.39 is 5.82 Å². The molecule has 3 rings (SSSR count). The number of hydrogen-bond acceptors (Lipinski definition) is 2. The molecule has 2 aromatic carbocycles. The van der Waals surface area contributed by atoms with Crippen molar-refractivity contribution in [1.82, 2.24) is 9.97 Å². The fourth-order valence-electron chi connectivity index (χ4n) is 2.01. The molecule has 0 amide bonds. The Kier molecular flexibility index (Phi) is 2.81. The van der Waals surface area contributed by atoms with E-state index in [-0.39, 0.29) is 16.9 Å². The minimum atomic E-state index is -0.515. The number of terminal acetylenes is 1. The first-order valence-electron chi connectivity index (χ1n) is 5.94. The molecule has 0 unspecified atom stereocenters. The fraction of sp³-hybridized carbons (Fsp3) is 0. The van der Waals surface area contributed by atoms with Gasteiger partial charge < -0.3 is 4.98 Å². The van der Waals surface area contributed by atoms with Gasteiger partial charge in [0.25, 0.3) is 5.56 Å². The molecule has 0 aliphatic heterocycles. The van der Waals surface area contributed by atoms with Gasteiger partial charge in [-0.25, -0.2) is 9.37 Å². The smallest absolute Gasteiger partial charge is 0.259 e. The average Bonchev–Trinajstić information content (AvgIpc) is 2.47. The molecule has 4 heteroatoms. The number of nitrogens with one attached hydrogen (secondary N) is 1. The summed E-state index contributed by atoms with van der Waals surface area (Å²) in [6.45, 7) is 0. The molecule has 1 heterocycles. The standard InChI is InChI=1S/C16H9FN2O/c1-2-10-7-8-11(13(17)9-10)15-18-14-6-4-3-5-12(14)16(20)19-15/h1,3-9H,(H,18,19,20). The quantitative estimate of drug-likeness (QED) is 0.687. The van der Waals surface area contributed by atoms with Gasteiger partial charge in [-0.3, -0.25) is 4.79 Å². The summed E-state index contributed by atoms with van der Waals surface area (Å²) in [5.41, 5.74) is 0.874. The zero-order chi connectivity index (χ0) is 14.1. The number of halogens is 1. The Morgan fingerprint density at radius 2 is 2.00 bits per heavy atom. The number of nitrogens with zero attached hydrogens (tertiary/aromatic N) is 1. The Balaban J connectivity index is 2.25. The van der Waals surface area contributed by atoms with E-state index in [0.29, 0.717) is 16.5 Å². The molecular formula is C16H9FN2O. The molecule has 0 saturated carbocycles. The van der Waals surface area contributed by atoms with E-state index in [0.717, 1.165) is 0 Å². The number of hydrogen-bond donors (Lipinski definition) is 1. The summed E-state index contributed by atoms with van der Waals surface area (Å²) in [5.74, 6) is 2.03. The zero-order valence-corrected chi connectivity index (χ0v) is 10.4. The Labute approximate surface area is 114 Å². The van der Waals surface area contributed by atoms with Crippen molar-refractivity contribution in [3.8, 4) is 23.7 Å². The Hall–Kier alpha value is -2.93. The second kappa shape index (κ2) is 4.63. The van der Waals surface area contributed by atoms with Crippen LogP contribution in [-0.4, -0.2) is 9.97 Å². The van der Waals surface area contributed by atoms with Crippen molar-refractivity contribution in [2.45, 2.75) is 0 Å². The van der Waals surface area contributed by atoms with E-state index in [1.165, 1.54) is 12.1 Å². The van der Waals surface area contributed by atoms with Crippen LogP contribution in [0.3, 0.4) is 0 Å². The Morgan fingerprint density at radius 3 is 2.75 bits per heavy atom. The van der Waals surface area contributed by atoms with E-state index in [4.69, 9.17) is 6.42 Å². The first-order chi connectivity index (χ1) is 9.69. The minimum absolute atomic E-state index is 0.190. The first kappa shape index (κ1) is 12.1. The molecule has 0 radical (unpaired) electrons. The molecule has 0 aliphatic carbocycles. The summed E-state index contributed by atoms with van der Waals surface area (Å²) in [5, 5.41) is 0.469. The maximum absolute atomic E-state index is 14.0. The molecule has 3 aromatic rings. The molecule has 0 saturated heterocycles. The van der Waals surface area contributed by atoms with Crippen molar-refractivity contribution < 1.29 is 4.39 Å². The van der Waals surface area contributed by atoms with Gasteiger partial charge in [0.05, 0.1) is 16.5 Å². The number of rotatable bonds is 1. The van der Waals surface area contributed by atoms with Crippen LogP contribution < -0.4 is 5.56 Å². The lowest BCUT2D eigenvalue weighted by atomic mass is 10.1. The largest absolute Gasteiger partial charge is 0.306 e. The molecule has 0 fully saturated rings. The van der Waals surface area contributed by atoms with E-state index in [1.54, 1.807) is 30.3 Å². The molecule has 96 valence electrons. The van der Waals surface area contributed by atoms with Gasteiger partial charge >= 0.3 is 0 Å². The summed E-state index contributed by atoms with van der Waals surface area (Å²) in [4.78, 5) is 18.8. The Bertz CT molecular complexity index is 906. The summed E-state index contributed by atoms with van der Waals surface area (Å²) in [7, 11) is 0. The molecule has 0 bridgehead atoms. The maximum Gasteiger partial charge on any atom is 0.259 e. The van der Waals surface area contributed by atoms with Crippen LogP contribution in [0.1, 0.15) is 5.56 Å². The van der Waals surface area contributed by atoms with Gasteiger partial charge in [-0.1, -0.05) is 18.1 Å². The second-order valence-corrected chi connectivity index (χ2v) is 4.27. The van der Waals surface area contributed by atoms with Gasteiger partial charge in [-0.15, -0.1) is 6.42 Å². The van der Waals surface area contributed by atoms with Crippen LogP contribution in [0.15, 0.2) is 47.3 Å². The predicted molar refractivity (Wildman–Crippen MR) is 75.7 cm³/mol. The number of aromatic nitrogens is 2. The first-order valence-corrected chi connectivity index (χ1v) is 5.94. The van der Waals surface area contributed by atoms with Gasteiger partial charge in [0.15, 0.2) is 0 Å². The van der Waals surface area contributed by atoms with Gasteiger partial charge in [0, 0.05) is 5.56 Å². The van der Waals surface area contributed by atoms with Crippen LogP contribution in [-0.2, 0) is 0 Å². The van der Waals surface area contributed by atoms with Crippen LogP contribution in [0, 0.1) is 18.2 Å². The Morgan fingerprint density at radius 1 is 1.20 bits per heavy atom. The lowest BCUT2D eigenvalue weighted by Crippen LogP contribution is -2.09. The highest BCUT2D eigenvalue weighted by atomic mass is 19.1. The average molecular weight is 264 g/mol. The normalized spacial score (nSPS) is 10.4. The molecule has 0 aliphatic rings. The third kappa shape index (κ3) is 1.95. The van der Waals surface area contributed by atoms with Crippen molar-refractivity contribution in [3.63, 3.8) is 0 Å². The van der Waals surface area contributed by atoms with Crippen LogP contribution >= 0.6 is 0 Å². The predicted octanol–water partition coefficient (Wildman–Crippen LogP) is 2.71. The van der Waals surface area contributed by atoms with E-state index in [2.05, 4.69) is 15.9 Å². The van der Waals surface area contributed by atoms with Crippen molar-refractivity contribution >= 4 is 10.9 Å². The molecular weight excluding hydrogens is 255 g/mol. The molecule has 20 heavy (non-hydrogen) atoms. The number of benzene rings is 2. The third-order valence-corrected chi connectivity index (χ3v) is 3.00. The van der Waals surface area contributed by atoms with E-state index in [9.17, 15) is 9.18 Å². The van der Waals surface area contributed by atoms with Crippen molar-refractivity contribution in [2.75, 3.05) is 0 Å². The number of H-pyrrole nitrogens is 1. The second-order valence-electron chi connectivity index (χ2n) is 4.27. The van der Waals surface area contributed by atoms with Crippen LogP contribution in [0.4, 0.5) is 4.39 Å². The van der Waals surface area contributed by atoms with Crippen molar-refractivity contribution in [3.05, 3.63) is 64.2 Å². The third-order valence-electron chi connectivity index (χ3n) is 3.00. The monoisotopic (exact) mass is 264 g/mol. The molecule has 0 spiro atoms. The van der Waals surface area contributed by atoms with Crippen LogP contribution in [0.25, 0.3) is 22.3 Å². The summed E-state index contributed by atoms with van der Waals surface area (Å²) in [6, 6.07) is 11.3. The highest BCUT2D eigenvalue weighted by Gasteiger charge is 2.10. The maximum atomic E-state index is 14.0. The van der Waals surface area contributed by atoms with Crippen molar-refractivity contribution in [1.29, 1.82) is 0 Å². The van der Waals surface area contributed by atoms with Gasteiger partial charge in [-0.2, -0.15) is 0 Å². The summed E-state index contributed by atoms with van der Waals surface area (Å²) >= 11 is 0. The molecule has 1 aromatic heterocycles. The van der Waals surface area contributed by atoms with Gasteiger partial charge in [0.2, 0.25) is 0 Å². The van der Waals surface area contributed by atoms with Gasteiger partial charge in [0.1, 0.15) is 11.6 Å². The number of aromatic amines is 1. The highest BCUT2D eigenvalue weighted by Crippen LogP contribution is 2.20. The SMILES string of the molecule is C#Cc1ccc(-c2nc3ccccc3c(=O)[nH]2)c(F)c1. The summed E-state index contributed by atoms with van der Waals surface area (Å²) in [6.07, 6.45) is 5.22. The van der Waals surface area contributed by atoms with E-state index >= 15 is 0 Å². The fourth-order valence-corrected chi connectivity index (χ4v) is 2.01. The number of para-hydroxylation sites is 1. The summed E-state index contributed by atoms with van der Waals surface area (Å²) < 4.78 is 14.0.